The number of hydrogen-bond acceptors (Lipinski definition) is 6. The second-order valence-electron chi connectivity index (χ2n) is 5.91. The Bertz CT molecular complexity index is 509. The number of likely N-dealkylation sites (tertiary alicyclic amines) is 1. The largest absolute Gasteiger partial charge is 0.382 e. The molecule has 2 aliphatic heterocycles. The second-order valence-corrected chi connectivity index (χ2v) is 6.89. The van der Waals surface area contributed by atoms with Crippen LogP contribution >= 0.6 is 11.3 Å². The zero-order valence-corrected chi connectivity index (χ0v) is 13.1. The highest BCUT2D eigenvalue weighted by molar-refractivity contribution is 7.18. The SMILES string of the molecule is Nc1nc(N2CCCCCC2)sc1C(=O)N1CCC(N)C1. The van der Waals surface area contributed by atoms with Gasteiger partial charge < -0.3 is 21.3 Å². The van der Waals surface area contributed by atoms with Gasteiger partial charge in [-0.2, -0.15) is 0 Å². The van der Waals surface area contributed by atoms with Gasteiger partial charge in [0.2, 0.25) is 0 Å². The van der Waals surface area contributed by atoms with Gasteiger partial charge in [-0.1, -0.05) is 24.2 Å². The minimum atomic E-state index is -0.0148. The normalized spacial score (nSPS) is 23.4. The molecule has 116 valence electrons. The summed E-state index contributed by atoms with van der Waals surface area (Å²) >= 11 is 1.43. The lowest BCUT2D eigenvalue weighted by atomic mass is 10.2. The molecule has 1 aromatic rings. The maximum Gasteiger partial charge on any atom is 0.267 e. The van der Waals surface area contributed by atoms with Gasteiger partial charge in [-0.15, -0.1) is 0 Å². The molecule has 1 unspecified atom stereocenters. The molecule has 0 spiro atoms. The summed E-state index contributed by atoms with van der Waals surface area (Å²) in [6, 6.07) is 0.0909. The predicted octanol–water partition coefficient (Wildman–Crippen LogP) is 1.28. The van der Waals surface area contributed by atoms with E-state index in [0.29, 0.717) is 17.2 Å². The Labute approximate surface area is 129 Å². The van der Waals surface area contributed by atoms with Crippen molar-refractivity contribution in [2.75, 3.05) is 36.8 Å². The molecule has 3 heterocycles. The lowest BCUT2D eigenvalue weighted by Gasteiger charge is -2.18. The quantitative estimate of drug-likeness (QED) is 0.859. The van der Waals surface area contributed by atoms with Crippen LogP contribution in [0.4, 0.5) is 10.9 Å². The maximum absolute atomic E-state index is 12.5. The average molecular weight is 309 g/mol. The number of carbonyl (C=O) groups excluding carboxylic acids is 1. The van der Waals surface area contributed by atoms with Crippen molar-refractivity contribution in [2.45, 2.75) is 38.1 Å². The molecule has 3 rings (SSSR count). The first-order valence-electron chi connectivity index (χ1n) is 7.71. The van der Waals surface area contributed by atoms with Gasteiger partial charge in [0.05, 0.1) is 0 Å². The Hall–Kier alpha value is -1.34. The fraction of sp³-hybridized carbons (Fsp3) is 0.714. The van der Waals surface area contributed by atoms with Gasteiger partial charge in [-0.25, -0.2) is 4.98 Å². The summed E-state index contributed by atoms with van der Waals surface area (Å²) in [5, 5.41) is 0.890. The van der Waals surface area contributed by atoms with E-state index < -0.39 is 0 Å². The molecule has 2 fully saturated rings. The van der Waals surface area contributed by atoms with Crippen molar-refractivity contribution in [2.24, 2.45) is 5.73 Å². The summed E-state index contributed by atoms with van der Waals surface area (Å²) in [4.78, 5) is 21.6. The summed E-state index contributed by atoms with van der Waals surface area (Å²) in [6.07, 6.45) is 5.78. The van der Waals surface area contributed by atoms with Crippen molar-refractivity contribution >= 4 is 28.2 Å². The van der Waals surface area contributed by atoms with Crippen LogP contribution in [0.2, 0.25) is 0 Å². The van der Waals surface area contributed by atoms with Crippen LogP contribution in [0.1, 0.15) is 41.8 Å². The number of nitrogen functional groups attached to an aromatic ring is 1. The van der Waals surface area contributed by atoms with Crippen molar-refractivity contribution in [1.29, 1.82) is 0 Å². The molecule has 0 bridgehead atoms. The number of carbonyl (C=O) groups is 1. The Morgan fingerprint density at radius 1 is 1.19 bits per heavy atom. The highest BCUT2D eigenvalue weighted by Gasteiger charge is 2.28. The number of aromatic nitrogens is 1. The van der Waals surface area contributed by atoms with Crippen LogP contribution in [0.15, 0.2) is 0 Å². The van der Waals surface area contributed by atoms with E-state index in [1.54, 1.807) is 4.90 Å². The van der Waals surface area contributed by atoms with E-state index >= 15 is 0 Å². The standard InChI is InChI=1S/C14H23N5OS/c15-10-5-8-19(9-10)13(20)11-12(16)17-14(21-11)18-6-3-1-2-4-7-18/h10H,1-9,15-16H2. The zero-order chi connectivity index (χ0) is 14.8. The molecule has 1 atom stereocenters. The van der Waals surface area contributed by atoms with Crippen molar-refractivity contribution < 1.29 is 4.79 Å². The van der Waals surface area contributed by atoms with Gasteiger partial charge >= 0.3 is 0 Å². The number of hydrogen-bond donors (Lipinski definition) is 2. The monoisotopic (exact) mass is 309 g/mol. The molecule has 0 aromatic carbocycles. The van der Waals surface area contributed by atoms with Gasteiger partial charge in [0.1, 0.15) is 10.7 Å². The minimum absolute atomic E-state index is 0.0148. The first-order chi connectivity index (χ1) is 10.1. The van der Waals surface area contributed by atoms with E-state index in [9.17, 15) is 4.79 Å². The number of rotatable bonds is 2. The van der Waals surface area contributed by atoms with E-state index in [1.807, 2.05) is 0 Å². The van der Waals surface area contributed by atoms with E-state index in [0.717, 1.165) is 31.2 Å². The van der Waals surface area contributed by atoms with E-state index in [-0.39, 0.29) is 11.9 Å². The summed E-state index contributed by atoms with van der Waals surface area (Å²) in [5.74, 6) is 0.351. The molecule has 2 aliphatic rings. The molecule has 21 heavy (non-hydrogen) atoms. The summed E-state index contributed by atoms with van der Waals surface area (Å²) < 4.78 is 0. The van der Waals surface area contributed by atoms with E-state index in [1.165, 1.54) is 37.0 Å². The van der Waals surface area contributed by atoms with Crippen molar-refractivity contribution in [3.63, 3.8) is 0 Å². The highest BCUT2D eigenvalue weighted by atomic mass is 32.1. The smallest absolute Gasteiger partial charge is 0.267 e. The number of anilines is 2. The molecule has 1 aromatic heterocycles. The van der Waals surface area contributed by atoms with Crippen LogP contribution in [0, 0.1) is 0 Å². The average Bonchev–Trinajstić information content (AvgIpc) is 2.95. The first kappa shape index (κ1) is 14.6. The Morgan fingerprint density at radius 3 is 2.52 bits per heavy atom. The van der Waals surface area contributed by atoms with Gasteiger partial charge in [0.15, 0.2) is 5.13 Å². The molecule has 0 radical (unpaired) electrons. The third kappa shape index (κ3) is 3.13. The van der Waals surface area contributed by atoms with Gasteiger partial charge in [-0.05, 0) is 19.3 Å². The predicted molar refractivity (Wildman–Crippen MR) is 85.7 cm³/mol. The second kappa shape index (κ2) is 6.19. The highest BCUT2D eigenvalue weighted by Crippen LogP contribution is 2.31. The Balaban J connectivity index is 1.75. The molecule has 1 amide bonds. The van der Waals surface area contributed by atoms with Crippen LogP contribution in [0.3, 0.4) is 0 Å². The van der Waals surface area contributed by atoms with Crippen LogP contribution < -0.4 is 16.4 Å². The number of nitrogens with zero attached hydrogens (tertiary/aromatic N) is 3. The third-order valence-corrected chi connectivity index (χ3v) is 5.34. The van der Waals surface area contributed by atoms with Gasteiger partial charge in [0.25, 0.3) is 5.91 Å². The number of amides is 1. The van der Waals surface area contributed by atoms with E-state index in [4.69, 9.17) is 11.5 Å². The molecule has 4 N–H and O–H groups in total. The first-order valence-corrected chi connectivity index (χ1v) is 8.53. The van der Waals surface area contributed by atoms with Crippen LogP contribution in [0.25, 0.3) is 0 Å². The van der Waals surface area contributed by atoms with E-state index in [2.05, 4.69) is 9.88 Å². The molecule has 0 saturated carbocycles. The molecule has 0 aliphatic carbocycles. The lowest BCUT2D eigenvalue weighted by Crippen LogP contribution is -2.31. The summed E-state index contributed by atoms with van der Waals surface area (Å²) in [6.45, 7) is 3.36. The molecule has 2 saturated heterocycles. The minimum Gasteiger partial charge on any atom is -0.382 e. The molecule has 6 nitrogen and oxygen atoms in total. The zero-order valence-electron chi connectivity index (χ0n) is 12.3. The van der Waals surface area contributed by atoms with Gasteiger partial charge in [0, 0.05) is 32.2 Å². The Morgan fingerprint density at radius 2 is 1.90 bits per heavy atom. The lowest BCUT2D eigenvalue weighted by molar-refractivity contribution is 0.0796. The van der Waals surface area contributed by atoms with Crippen molar-refractivity contribution in [3.05, 3.63) is 4.88 Å². The fourth-order valence-electron chi connectivity index (χ4n) is 2.99. The van der Waals surface area contributed by atoms with Gasteiger partial charge in [-0.3, -0.25) is 4.79 Å². The van der Waals surface area contributed by atoms with Crippen LogP contribution in [-0.4, -0.2) is 48.0 Å². The van der Waals surface area contributed by atoms with Crippen molar-refractivity contribution in [1.82, 2.24) is 9.88 Å². The molecule has 7 heteroatoms. The summed E-state index contributed by atoms with van der Waals surface area (Å²) in [7, 11) is 0. The van der Waals surface area contributed by atoms with Crippen LogP contribution in [0.5, 0.6) is 0 Å². The third-order valence-electron chi connectivity index (χ3n) is 4.22. The molecular weight excluding hydrogens is 286 g/mol. The fourth-order valence-corrected chi connectivity index (χ4v) is 3.99. The summed E-state index contributed by atoms with van der Waals surface area (Å²) in [5.41, 5.74) is 11.9. The molecular formula is C14H23N5OS. The Kier molecular flexibility index (Phi) is 4.30. The van der Waals surface area contributed by atoms with Crippen molar-refractivity contribution in [3.8, 4) is 0 Å². The topological polar surface area (TPSA) is 88.5 Å². The number of thiazole rings is 1. The maximum atomic E-state index is 12.5. The number of nitrogens with two attached hydrogens (primary N) is 2. The van der Waals surface area contributed by atoms with Crippen LogP contribution in [-0.2, 0) is 0 Å².